The van der Waals surface area contributed by atoms with Crippen LogP contribution < -0.4 is 16.2 Å². The molecule has 142 valence electrons. The number of fused-ring (bicyclic) bond motifs is 1. The van der Waals surface area contributed by atoms with Crippen molar-refractivity contribution in [2.24, 2.45) is 0 Å². The fourth-order valence-corrected chi connectivity index (χ4v) is 3.19. The van der Waals surface area contributed by atoms with Crippen LogP contribution in [0, 0.1) is 10.5 Å². The Morgan fingerprint density at radius 1 is 0.964 bits per heavy atom. The van der Waals surface area contributed by atoms with E-state index in [-0.39, 0.29) is 16.4 Å². The van der Waals surface area contributed by atoms with E-state index in [1.165, 1.54) is 6.07 Å². The monoisotopic (exact) mass is 505 g/mol. The smallest absolute Gasteiger partial charge is 0.273 e. The Hall–Kier alpha value is -2.72. The summed E-state index contributed by atoms with van der Waals surface area (Å²) in [5.41, 5.74) is 6.46. The average molecular weight is 505 g/mol. The van der Waals surface area contributed by atoms with Gasteiger partial charge in [-0.05, 0) is 82.3 Å². The molecule has 28 heavy (non-hydrogen) atoms. The zero-order chi connectivity index (χ0) is 20.3. The van der Waals surface area contributed by atoms with Crippen LogP contribution in [0.1, 0.15) is 26.3 Å². The molecule has 0 unspecified atom stereocenters. The number of nitrogens with one attached hydrogen (secondary N) is 3. The van der Waals surface area contributed by atoms with E-state index in [4.69, 9.17) is 12.2 Å². The lowest BCUT2D eigenvalue weighted by atomic mass is 10.1. The van der Waals surface area contributed by atoms with Crippen molar-refractivity contribution in [1.82, 2.24) is 16.2 Å². The van der Waals surface area contributed by atoms with Gasteiger partial charge in [-0.1, -0.05) is 30.3 Å². The summed E-state index contributed by atoms with van der Waals surface area (Å²) in [7, 11) is 0. The van der Waals surface area contributed by atoms with Crippen molar-refractivity contribution in [3.8, 4) is 5.75 Å². The van der Waals surface area contributed by atoms with Gasteiger partial charge in [0.15, 0.2) is 5.11 Å². The summed E-state index contributed by atoms with van der Waals surface area (Å²) < 4.78 is 0.962. The molecule has 3 aromatic rings. The largest absolute Gasteiger partial charge is 0.507 e. The number of aromatic hydroxyl groups is 1. The molecule has 0 aliphatic rings. The topological polar surface area (TPSA) is 90.5 Å². The highest BCUT2D eigenvalue weighted by Gasteiger charge is 2.14. The Balaban J connectivity index is 1.62. The molecule has 6 nitrogen and oxygen atoms in total. The van der Waals surface area contributed by atoms with E-state index in [9.17, 15) is 14.7 Å². The second-order valence-corrected chi connectivity index (χ2v) is 7.61. The fraction of sp³-hybridized carbons (Fsp3) is 0.0500. The van der Waals surface area contributed by atoms with Gasteiger partial charge in [-0.2, -0.15) is 0 Å². The average Bonchev–Trinajstić information content (AvgIpc) is 2.67. The summed E-state index contributed by atoms with van der Waals surface area (Å²) in [6.45, 7) is 1.95. The van der Waals surface area contributed by atoms with Crippen molar-refractivity contribution >= 4 is 62.5 Å². The Bertz CT molecular complexity index is 1100. The van der Waals surface area contributed by atoms with Crippen LogP contribution in [0.4, 0.5) is 0 Å². The molecule has 0 aliphatic carbocycles. The maximum atomic E-state index is 12.3. The number of halogens is 1. The minimum Gasteiger partial charge on any atom is -0.507 e. The van der Waals surface area contributed by atoms with Gasteiger partial charge in [0.05, 0.1) is 5.56 Å². The number of hydrazine groups is 1. The number of phenolic OH excluding ortho intramolecular Hbond substituents is 1. The van der Waals surface area contributed by atoms with Crippen molar-refractivity contribution in [1.29, 1.82) is 0 Å². The molecule has 0 atom stereocenters. The SMILES string of the molecule is Cc1ccc(C(=O)NC(=S)NNC(=O)c2cc3ccccc3cc2O)cc1I. The molecule has 3 rings (SSSR count). The first-order valence-corrected chi connectivity index (χ1v) is 9.73. The number of amides is 2. The van der Waals surface area contributed by atoms with Crippen LogP contribution in [-0.4, -0.2) is 22.0 Å². The third-order valence-corrected chi connectivity index (χ3v) is 5.43. The third kappa shape index (κ3) is 4.57. The second kappa shape index (κ2) is 8.53. The number of phenols is 1. The normalized spacial score (nSPS) is 10.4. The highest BCUT2D eigenvalue weighted by atomic mass is 127. The maximum absolute atomic E-state index is 12.3. The number of carbonyl (C=O) groups excluding carboxylic acids is 2. The van der Waals surface area contributed by atoms with Crippen molar-refractivity contribution < 1.29 is 14.7 Å². The molecule has 0 aromatic heterocycles. The molecule has 0 fully saturated rings. The van der Waals surface area contributed by atoms with Crippen LogP contribution in [0.25, 0.3) is 10.8 Å². The number of rotatable bonds is 2. The number of thiocarbonyl (C=S) groups is 1. The van der Waals surface area contributed by atoms with E-state index in [0.29, 0.717) is 5.56 Å². The number of hydrogen-bond donors (Lipinski definition) is 4. The number of benzene rings is 3. The summed E-state index contributed by atoms with van der Waals surface area (Å²) in [4.78, 5) is 24.6. The molecule has 0 heterocycles. The zero-order valence-corrected chi connectivity index (χ0v) is 17.7. The van der Waals surface area contributed by atoms with Crippen LogP contribution in [0.15, 0.2) is 54.6 Å². The molecule has 4 N–H and O–H groups in total. The van der Waals surface area contributed by atoms with Crippen LogP contribution in [0.5, 0.6) is 5.75 Å². The summed E-state index contributed by atoms with van der Waals surface area (Å²) in [5, 5.41) is 14.2. The van der Waals surface area contributed by atoms with E-state index >= 15 is 0 Å². The van der Waals surface area contributed by atoms with E-state index < -0.39 is 11.8 Å². The van der Waals surface area contributed by atoms with E-state index in [1.807, 2.05) is 37.3 Å². The Labute approximate surface area is 180 Å². The summed E-state index contributed by atoms with van der Waals surface area (Å²) >= 11 is 7.19. The predicted molar refractivity (Wildman–Crippen MR) is 120 cm³/mol. The number of hydrogen-bond acceptors (Lipinski definition) is 4. The van der Waals surface area contributed by atoms with Crippen LogP contribution >= 0.6 is 34.8 Å². The van der Waals surface area contributed by atoms with Crippen molar-refractivity contribution in [2.45, 2.75) is 6.92 Å². The molecule has 2 amide bonds. The van der Waals surface area contributed by atoms with Crippen molar-refractivity contribution in [2.75, 3.05) is 0 Å². The molecule has 0 saturated heterocycles. The van der Waals surface area contributed by atoms with Gasteiger partial charge < -0.3 is 5.11 Å². The van der Waals surface area contributed by atoms with E-state index in [1.54, 1.807) is 18.2 Å². The molecule has 0 aliphatic heterocycles. The van der Waals surface area contributed by atoms with Gasteiger partial charge in [0, 0.05) is 9.13 Å². The Morgan fingerprint density at radius 2 is 1.64 bits per heavy atom. The quantitative estimate of drug-likeness (QED) is 0.244. The first-order chi connectivity index (χ1) is 13.3. The number of aryl methyl sites for hydroxylation is 1. The van der Waals surface area contributed by atoms with E-state index in [2.05, 4.69) is 38.8 Å². The minimum absolute atomic E-state index is 0.0609. The highest BCUT2D eigenvalue weighted by Crippen LogP contribution is 2.24. The first kappa shape index (κ1) is 20.0. The molecular weight excluding hydrogens is 489 g/mol. The van der Waals surface area contributed by atoms with Gasteiger partial charge in [0.1, 0.15) is 5.75 Å². The van der Waals surface area contributed by atoms with Gasteiger partial charge in [-0.3, -0.25) is 25.8 Å². The van der Waals surface area contributed by atoms with Crippen molar-refractivity contribution in [3.05, 3.63) is 74.9 Å². The number of carbonyl (C=O) groups is 2. The summed E-state index contributed by atoms with van der Waals surface area (Å²) in [6, 6.07) is 15.8. The van der Waals surface area contributed by atoms with Crippen LogP contribution in [0.2, 0.25) is 0 Å². The summed E-state index contributed by atoms with van der Waals surface area (Å²) in [6.07, 6.45) is 0. The predicted octanol–water partition coefficient (Wildman–Crippen LogP) is 3.41. The molecule has 0 saturated carbocycles. The molecule has 0 bridgehead atoms. The molecule has 3 aromatic carbocycles. The summed E-state index contributed by atoms with van der Waals surface area (Å²) in [5.74, 6) is -1.12. The zero-order valence-electron chi connectivity index (χ0n) is 14.7. The first-order valence-electron chi connectivity index (χ1n) is 8.25. The molecular formula is C20H16IN3O3S. The van der Waals surface area contributed by atoms with Gasteiger partial charge in [-0.25, -0.2) is 0 Å². The van der Waals surface area contributed by atoms with Gasteiger partial charge in [0.25, 0.3) is 11.8 Å². The lowest BCUT2D eigenvalue weighted by Crippen LogP contribution is -2.48. The van der Waals surface area contributed by atoms with Gasteiger partial charge in [-0.15, -0.1) is 0 Å². The standard InChI is InChI=1S/C20H16IN3O3S/c1-11-6-7-14(9-16(11)21)18(26)22-20(28)24-23-19(27)15-8-12-4-2-3-5-13(12)10-17(15)25/h2-10,25H,1H3,(H,23,27)(H2,22,24,26,28). The minimum atomic E-state index is -0.579. The Kier molecular flexibility index (Phi) is 6.10. The van der Waals surface area contributed by atoms with Gasteiger partial charge >= 0.3 is 0 Å². The lowest BCUT2D eigenvalue weighted by Gasteiger charge is -2.12. The molecule has 0 radical (unpaired) electrons. The molecule has 8 heteroatoms. The highest BCUT2D eigenvalue weighted by molar-refractivity contribution is 14.1. The Morgan fingerprint density at radius 3 is 2.32 bits per heavy atom. The second-order valence-electron chi connectivity index (χ2n) is 6.04. The van der Waals surface area contributed by atoms with Crippen LogP contribution in [-0.2, 0) is 0 Å². The van der Waals surface area contributed by atoms with Gasteiger partial charge in [0.2, 0.25) is 0 Å². The lowest BCUT2D eigenvalue weighted by molar-refractivity contribution is 0.0932. The van der Waals surface area contributed by atoms with Crippen molar-refractivity contribution in [3.63, 3.8) is 0 Å². The molecule has 0 spiro atoms. The van der Waals surface area contributed by atoms with E-state index in [0.717, 1.165) is 19.9 Å². The van der Waals surface area contributed by atoms with Crippen LogP contribution in [0.3, 0.4) is 0 Å². The maximum Gasteiger partial charge on any atom is 0.273 e. The third-order valence-electron chi connectivity index (χ3n) is 4.06. The fourth-order valence-electron chi connectivity index (χ4n) is 2.53.